The smallest absolute Gasteiger partial charge is 0.416 e. The maximum Gasteiger partial charge on any atom is 0.416 e. The normalized spacial score (nSPS) is 23.3. The molecule has 0 spiro atoms. The van der Waals surface area contributed by atoms with Crippen molar-refractivity contribution in [2.75, 3.05) is 13.1 Å². The van der Waals surface area contributed by atoms with Crippen LogP contribution in [0.5, 0.6) is 0 Å². The largest absolute Gasteiger partial charge is 0.480 e. The van der Waals surface area contributed by atoms with Crippen LogP contribution in [0.2, 0.25) is 0 Å². The SMILES string of the molecule is O=C(N[C@H](CN1CCC[C@H]1C(=O)O)c1ccccc1)C1CCC(NS(=O)(=O)c2ccc(C(F)(F)F)cc2)CC1. The molecule has 12 heteroatoms. The predicted molar refractivity (Wildman–Crippen MR) is 137 cm³/mol. The lowest BCUT2D eigenvalue weighted by Crippen LogP contribution is -2.45. The number of hydrogen-bond acceptors (Lipinski definition) is 5. The van der Waals surface area contributed by atoms with E-state index in [9.17, 15) is 36.3 Å². The molecule has 1 amide bonds. The van der Waals surface area contributed by atoms with Crippen LogP contribution in [0.3, 0.4) is 0 Å². The van der Waals surface area contributed by atoms with Gasteiger partial charge in [0.15, 0.2) is 0 Å². The Labute approximate surface area is 225 Å². The third-order valence-electron chi connectivity index (χ3n) is 7.50. The first-order valence-corrected chi connectivity index (χ1v) is 14.4. The molecule has 0 unspecified atom stereocenters. The summed E-state index contributed by atoms with van der Waals surface area (Å²) in [6, 6.07) is 11.3. The highest BCUT2D eigenvalue weighted by molar-refractivity contribution is 7.89. The Kier molecular flexibility index (Phi) is 8.97. The van der Waals surface area contributed by atoms with Crippen molar-refractivity contribution in [3.05, 3.63) is 65.7 Å². The minimum absolute atomic E-state index is 0.168. The van der Waals surface area contributed by atoms with Crippen molar-refractivity contribution in [2.24, 2.45) is 5.92 Å². The number of likely N-dealkylation sites (tertiary alicyclic amines) is 1. The molecule has 212 valence electrons. The molecule has 0 aromatic heterocycles. The van der Waals surface area contributed by atoms with Crippen LogP contribution in [-0.2, 0) is 25.8 Å². The van der Waals surface area contributed by atoms with Crippen LogP contribution in [0.15, 0.2) is 59.5 Å². The van der Waals surface area contributed by atoms with Gasteiger partial charge >= 0.3 is 12.1 Å². The van der Waals surface area contributed by atoms with Gasteiger partial charge in [-0.15, -0.1) is 0 Å². The first-order chi connectivity index (χ1) is 18.4. The van der Waals surface area contributed by atoms with E-state index in [1.807, 2.05) is 35.2 Å². The van der Waals surface area contributed by atoms with E-state index >= 15 is 0 Å². The van der Waals surface area contributed by atoms with Crippen LogP contribution < -0.4 is 10.0 Å². The van der Waals surface area contributed by atoms with Gasteiger partial charge in [0.25, 0.3) is 0 Å². The second-order valence-electron chi connectivity index (χ2n) is 10.2. The topological polar surface area (TPSA) is 116 Å². The van der Waals surface area contributed by atoms with Crippen LogP contribution in [0.1, 0.15) is 55.7 Å². The number of alkyl halides is 3. The summed E-state index contributed by atoms with van der Waals surface area (Å²) in [5.41, 5.74) is -0.0511. The Morgan fingerprint density at radius 3 is 2.21 bits per heavy atom. The molecule has 2 aliphatic rings. The van der Waals surface area contributed by atoms with Crippen molar-refractivity contribution < 1.29 is 36.3 Å². The number of nitrogens with zero attached hydrogens (tertiary/aromatic N) is 1. The highest BCUT2D eigenvalue weighted by atomic mass is 32.2. The number of carbonyl (C=O) groups is 2. The summed E-state index contributed by atoms with van der Waals surface area (Å²) >= 11 is 0. The monoisotopic (exact) mass is 567 g/mol. The number of carbonyl (C=O) groups excluding carboxylic acids is 1. The zero-order chi connectivity index (χ0) is 28.2. The Bertz CT molecular complexity index is 1250. The molecule has 1 saturated carbocycles. The lowest BCUT2D eigenvalue weighted by Gasteiger charge is -2.31. The molecule has 8 nitrogen and oxygen atoms in total. The molecule has 1 saturated heterocycles. The highest BCUT2D eigenvalue weighted by Crippen LogP contribution is 2.31. The van der Waals surface area contributed by atoms with E-state index in [1.165, 1.54) is 0 Å². The number of carboxylic acids is 1. The van der Waals surface area contributed by atoms with Gasteiger partial charge in [0, 0.05) is 18.5 Å². The van der Waals surface area contributed by atoms with Crippen molar-refractivity contribution >= 4 is 21.9 Å². The second kappa shape index (κ2) is 12.1. The van der Waals surface area contributed by atoms with E-state index in [1.54, 1.807) is 0 Å². The van der Waals surface area contributed by atoms with Gasteiger partial charge in [-0.2, -0.15) is 13.2 Å². The Morgan fingerprint density at radius 2 is 1.62 bits per heavy atom. The van der Waals surface area contributed by atoms with Gasteiger partial charge in [-0.25, -0.2) is 13.1 Å². The standard InChI is InChI=1S/C27H32F3N3O5S/c28-27(29,30)20-10-14-22(15-11-20)39(37,38)32-21-12-8-19(9-13-21)25(34)31-23(18-5-2-1-3-6-18)17-33-16-4-7-24(33)26(35)36/h1-3,5-6,10-11,14-15,19,21,23-24,32H,4,7-9,12-13,16-17H2,(H,31,34)(H,35,36)/t19?,21?,23-,24+/m1/s1. The fourth-order valence-electron chi connectivity index (χ4n) is 5.35. The number of rotatable bonds is 9. The summed E-state index contributed by atoms with van der Waals surface area (Å²) in [7, 11) is -4.01. The molecule has 4 rings (SSSR count). The highest BCUT2D eigenvalue weighted by Gasteiger charge is 2.35. The maximum atomic E-state index is 13.2. The molecule has 39 heavy (non-hydrogen) atoms. The van der Waals surface area contributed by atoms with Crippen LogP contribution in [0, 0.1) is 5.92 Å². The fraction of sp³-hybridized carbons (Fsp3) is 0.481. The van der Waals surface area contributed by atoms with Crippen molar-refractivity contribution in [3.63, 3.8) is 0 Å². The van der Waals surface area contributed by atoms with E-state index in [0.29, 0.717) is 45.2 Å². The Balaban J connectivity index is 1.35. The van der Waals surface area contributed by atoms with Crippen LogP contribution in [0.4, 0.5) is 13.2 Å². The lowest BCUT2D eigenvalue weighted by atomic mass is 9.85. The summed E-state index contributed by atoms with van der Waals surface area (Å²) < 4.78 is 66.3. The van der Waals surface area contributed by atoms with Crippen molar-refractivity contribution in [3.8, 4) is 0 Å². The molecule has 2 fully saturated rings. The van der Waals surface area contributed by atoms with Gasteiger partial charge in [0.2, 0.25) is 15.9 Å². The Morgan fingerprint density at radius 1 is 0.974 bits per heavy atom. The van der Waals surface area contributed by atoms with E-state index in [0.717, 1.165) is 36.2 Å². The summed E-state index contributed by atoms with van der Waals surface area (Å²) in [6.45, 7) is 1.01. The minimum Gasteiger partial charge on any atom is -0.480 e. The van der Waals surface area contributed by atoms with Gasteiger partial charge in [-0.3, -0.25) is 14.5 Å². The molecule has 0 bridgehead atoms. The minimum atomic E-state index is -4.55. The molecule has 1 heterocycles. The molecular formula is C27H32F3N3O5S. The third-order valence-corrected chi connectivity index (χ3v) is 9.03. The zero-order valence-electron chi connectivity index (χ0n) is 21.2. The molecule has 2 aromatic rings. The summed E-state index contributed by atoms with van der Waals surface area (Å²) in [4.78, 5) is 26.5. The van der Waals surface area contributed by atoms with Crippen LogP contribution >= 0.6 is 0 Å². The van der Waals surface area contributed by atoms with Crippen LogP contribution in [-0.4, -0.2) is 55.5 Å². The summed E-state index contributed by atoms with van der Waals surface area (Å²) in [5, 5.41) is 12.6. The van der Waals surface area contributed by atoms with Crippen molar-refractivity contribution in [2.45, 2.75) is 67.7 Å². The summed E-state index contributed by atoms with van der Waals surface area (Å²) in [6.07, 6.45) is -1.52. The maximum absolute atomic E-state index is 13.2. The van der Waals surface area contributed by atoms with Gasteiger partial charge in [-0.1, -0.05) is 30.3 Å². The quantitative estimate of drug-likeness (QED) is 0.423. The number of sulfonamides is 1. The van der Waals surface area contributed by atoms with Crippen molar-refractivity contribution in [1.82, 2.24) is 14.9 Å². The van der Waals surface area contributed by atoms with E-state index in [2.05, 4.69) is 10.0 Å². The Hall–Kier alpha value is -2.96. The van der Waals surface area contributed by atoms with E-state index < -0.39 is 45.9 Å². The van der Waals surface area contributed by atoms with Gasteiger partial charge < -0.3 is 10.4 Å². The lowest BCUT2D eigenvalue weighted by molar-refractivity contribution is -0.142. The average molecular weight is 568 g/mol. The molecule has 2 atom stereocenters. The van der Waals surface area contributed by atoms with Gasteiger partial charge in [-0.05, 0) is 74.9 Å². The molecule has 3 N–H and O–H groups in total. The predicted octanol–water partition coefficient (Wildman–Crippen LogP) is 3.95. The van der Waals surface area contributed by atoms with Gasteiger partial charge in [0.05, 0.1) is 16.5 Å². The average Bonchev–Trinajstić information content (AvgIpc) is 3.37. The molecule has 0 radical (unpaired) electrons. The number of carboxylic acid groups (broad SMARTS) is 1. The number of halogens is 3. The number of benzene rings is 2. The molecule has 1 aliphatic carbocycles. The number of amides is 1. The first kappa shape index (κ1) is 29.0. The zero-order valence-corrected chi connectivity index (χ0v) is 22.0. The van der Waals surface area contributed by atoms with E-state index in [4.69, 9.17) is 0 Å². The second-order valence-corrected chi connectivity index (χ2v) is 11.9. The van der Waals surface area contributed by atoms with Gasteiger partial charge in [0.1, 0.15) is 6.04 Å². The number of aliphatic carboxylic acids is 1. The first-order valence-electron chi connectivity index (χ1n) is 13.0. The molecule has 1 aliphatic heterocycles. The third kappa shape index (κ3) is 7.37. The number of hydrogen-bond donors (Lipinski definition) is 3. The molecular weight excluding hydrogens is 535 g/mol. The molecule has 2 aromatic carbocycles. The van der Waals surface area contributed by atoms with Crippen LogP contribution in [0.25, 0.3) is 0 Å². The van der Waals surface area contributed by atoms with E-state index in [-0.39, 0.29) is 16.7 Å². The summed E-state index contributed by atoms with van der Waals surface area (Å²) in [5.74, 6) is -1.38. The number of nitrogens with one attached hydrogen (secondary N) is 2. The van der Waals surface area contributed by atoms with Crippen molar-refractivity contribution in [1.29, 1.82) is 0 Å². The fourth-order valence-corrected chi connectivity index (χ4v) is 6.66.